The van der Waals surface area contributed by atoms with Gasteiger partial charge < -0.3 is 10.2 Å². The Morgan fingerprint density at radius 2 is 2.00 bits per heavy atom. The number of hydrogen-bond acceptors (Lipinski definition) is 2. The molecule has 1 amide bonds. The normalized spacial score (nSPS) is 25.0. The second-order valence-corrected chi connectivity index (χ2v) is 4.87. The van der Waals surface area contributed by atoms with E-state index in [1.165, 1.54) is 0 Å². The second kappa shape index (κ2) is 4.84. The maximum atomic E-state index is 12.4. The van der Waals surface area contributed by atoms with Crippen molar-refractivity contribution in [2.75, 3.05) is 13.1 Å². The maximum absolute atomic E-state index is 12.4. The lowest BCUT2D eigenvalue weighted by Gasteiger charge is -2.25. The SMILES string of the molecule is O=C(CC1CCCN1)N(CC(F)(F)F)C1CC1. The number of nitrogens with zero attached hydrogens (tertiary/aromatic N) is 1. The van der Waals surface area contributed by atoms with Crippen LogP contribution < -0.4 is 5.32 Å². The number of amides is 1. The lowest BCUT2D eigenvalue weighted by molar-refractivity contribution is -0.162. The molecule has 1 unspecified atom stereocenters. The van der Waals surface area contributed by atoms with Crippen molar-refractivity contribution in [2.45, 2.75) is 50.4 Å². The fraction of sp³-hybridized carbons (Fsp3) is 0.909. The first-order valence-corrected chi connectivity index (χ1v) is 6.05. The predicted octanol–water partition coefficient (Wildman–Crippen LogP) is 1.68. The van der Waals surface area contributed by atoms with Crippen molar-refractivity contribution < 1.29 is 18.0 Å². The van der Waals surface area contributed by atoms with Gasteiger partial charge in [0.05, 0.1) is 0 Å². The third-order valence-corrected chi connectivity index (χ3v) is 3.24. The topological polar surface area (TPSA) is 32.3 Å². The third kappa shape index (κ3) is 3.87. The Hall–Kier alpha value is -0.780. The van der Waals surface area contributed by atoms with Crippen LogP contribution in [-0.2, 0) is 4.79 Å². The summed E-state index contributed by atoms with van der Waals surface area (Å²) in [7, 11) is 0. The summed E-state index contributed by atoms with van der Waals surface area (Å²) in [5.41, 5.74) is 0. The Kier molecular flexibility index (Phi) is 3.61. The molecule has 2 aliphatic rings. The standard InChI is InChI=1S/C11H17F3N2O/c12-11(13,14)7-16(9-3-4-9)10(17)6-8-2-1-5-15-8/h8-9,15H,1-7H2. The molecule has 0 bridgehead atoms. The van der Waals surface area contributed by atoms with Gasteiger partial charge in [0.15, 0.2) is 0 Å². The number of rotatable bonds is 4. The molecule has 0 spiro atoms. The van der Waals surface area contributed by atoms with Crippen molar-refractivity contribution in [2.24, 2.45) is 0 Å². The zero-order valence-corrected chi connectivity index (χ0v) is 9.59. The zero-order chi connectivity index (χ0) is 12.5. The number of hydrogen-bond donors (Lipinski definition) is 1. The molecule has 1 saturated carbocycles. The Bertz CT molecular complexity index is 283. The lowest BCUT2D eigenvalue weighted by Crippen LogP contribution is -2.42. The average molecular weight is 250 g/mol. The monoisotopic (exact) mass is 250 g/mol. The molecule has 3 nitrogen and oxygen atoms in total. The predicted molar refractivity (Wildman–Crippen MR) is 56.4 cm³/mol. The van der Waals surface area contributed by atoms with E-state index in [-0.39, 0.29) is 24.4 Å². The smallest absolute Gasteiger partial charge is 0.331 e. The van der Waals surface area contributed by atoms with E-state index in [2.05, 4.69) is 5.32 Å². The molecule has 0 aromatic carbocycles. The molecule has 1 aliphatic carbocycles. The van der Waals surface area contributed by atoms with Gasteiger partial charge in [0, 0.05) is 18.5 Å². The Balaban J connectivity index is 1.88. The van der Waals surface area contributed by atoms with Gasteiger partial charge in [-0.1, -0.05) is 0 Å². The van der Waals surface area contributed by atoms with Gasteiger partial charge in [-0.15, -0.1) is 0 Å². The number of carbonyl (C=O) groups is 1. The van der Waals surface area contributed by atoms with Gasteiger partial charge in [-0.3, -0.25) is 4.79 Å². The Morgan fingerprint density at radius 1 is 1.29 bits per heavy atom. The Morgan fingerprint density at radius 3 is 2.47 bits per heavy atom. The molecule has 1 heterocycles. The minimum atomic E-state index is -4.29. The summed E-state index contributed by atoms with van der Waals surface area (Å²) in [6, 6.07) is -0.109. The summed E-state index contributed by atoms with van der Waals surface area (Å²) in [4.78, 5) is 12.9. The van der Waals surface area contributed by atoms with Crippen LogP contribution in [0.3, 0.4) is 0 Å². The summed E-state index contributed by atoms with van der Waals surface area (Å²) in [6.07, 6.45) is -0.787. The molecule has 1 N–H and O–H groups in total. The molecule has 2 fully saturated rings. The first kappa shape index (κ1) is 12.7. The van der Waals surface area contributed by atoms with E-state index in [9.17, 15) is 18.0 Å². The van der Waals surface area contributed by atoms with E-state index >= 15 is 0 Å². The minimum absolute atomic E-state index is 0.0667. The highest BCUT2D eigenvalue weighted by atomic mass is 19.4. The van der Waals surface area contributed by atoms with Crippen LogP contribution in [-0.4, -0.2) is 42.2 Å². The van der Waals surface area contributed by atoms with E-state index in [4.69, 9.17) is 0 Å². The second-order valence-electron chi connectivity index (χ2n) is 4.87. The van der Waals surface area contributed by atoms with Gasteiger partial charge in [0.2, 0.25) is 5.91 Å². The fourth-order valence-electron chi connectivity index (χ4n) is 2.26. The number of nitrogens with one attached hydrogen (secondary N) is 1. The van der Waals surface area contributed by atoms with E-state index in [1.807, 2.05) is 0 Å². The number of halogens is 3. The van der Waals surface area contributed by atoms with Crippen molar-refractivity contribution >= 4 is 5.91 Å². The van der Waals surface area contributed by atoms with Crippen LogP contribution >= 0.6 is 0 Å². The number of carbonyl (C=O) groups excluding carboxylic acids is 1. The summed E-state index contributed by atoms with van der Waals surface area (Å²) < 4.78 is 37.1. The molecular weight excluding hydrogens is 233 g/mol. The molecule has 0 radical (unpaired) electrons. The number of alkyl halides is 3. The molecule has 17 heavy (non-hydrogen) atoms. The van der Waals surface area contributed by atoms with Crippen LogP contribution in [0, 0.1) is 0 Å². The van der Waals surface area contributed by atoms with Gasteiger partial charge in [-0.2, -0.15) is 13.2 Å². The largest absolute Gasteiger partial charge is 0.406 e. The maximum Gasteiger partial charge on any atom is 0.406 e. The molecule has 0 aromatic rings. The highest BCUT2D eigenvalue weighted by Crippen LogP contribution is 2.31. The molecule has 6 heteroatoms. The first-order valence-electron chi connectivity index (χ1n) is 6.05. The quantitative estimate of drug-likeness (QED) is 0.823. The Labute approximate surface area is 98.3 Å². The summed E-state index contributed by atoms with van der Waals surface area (Å²) in [5, 5.41) is 3.14. The van der Waals surface area contributed by atoms with Crippen LogP contribution in [0.4, 0.5) is 13.2 Å². The summed E-state index contributed by atoms with van der Waals surface area (Å²) >= 11 is 0. The van der Waals surface area contributed by atoms with Crippen molar-refractivity contribution in [3.63, 3.8) is 0 Å². The molecule has 0 aromatic heterocycles. The minimum Gasteiger partial charge on any atom is -0.331 e. The van der Waals surface area contributed by atoms with E-state index < -0.39 is 12.7 Å². The van der Waals surface area contributed by atoms with Crippen LogP contribution in [0.1, 0.15) is 32.1 Å². The van der Waals surface area contributed by atoms with Crippen molar-refractivity contribution in [3.8, 4) is 0 Å². The molecule has 98 valence electrons. The molecule has 1 aliphatic heterocycles. The molecule has 1 saturated heterocycles. The lowest BCUT2D eigenvalue weighted by atomic mass is 10.1. The highest BCUT2D eigenvalue weighted by molar-refractivity contribution is 5.77. The van der Waals surface area contributed by atoms with Crippen molar-refractivity contribution in [3.05, 3.63) is 0 Å². The fourth-order valence-corrected chi connectivity index (χ4v) is 2.26. The highest BCUT2D eigenvalue weighted by Gasteiger charge is 2.40. The molecule has 2 rings (SSSR count). The molecule has 1 atom stereocenters. The summed E-state index contributed by atoms with van der Waals surface area (Å²) in [6.45, 7) is -0.232. The zero-order valence-electron chi connectivity index (χ0n) is 9.59. The van der Waals surface area contributed by atoms with Crippen molar-refractivity contribution in [1.82, 2.24) is 10.2 Å². The van der Waals surface area contributed by atoms with Gasteiger partial charge in [0.25, 0.3) is 0 Å². The van der Waals surface area contributed by atoms with Crippen LogP contribution in [0.5, 0.6) is 0 Å². The van der Waals surface area contributed by atoms with Crippen LogP contribution in [0.15, 0.2) is 0 Å². The average Bonchev–Trinajstić information content (AvgIpc) is 2.93. The third-order valence-electron chi connectivity index (χ3n) is 3.24. The van der Waals surface area contributed by atoms with E-state index in [0.717, 1.165) is 24.3 Å². The first-order chi connectivity index (χ1) is 7.96. The summed E-state index contributed by atoms with van der Waals surface area (Å²) in [5.74, 6) is -0.357. The van der Waals surface area contributed by atoms with E-state index in [0.29, 0.717) is 12.8 Å². The molecular formula is C11H17F3N2O. The van der Waals surface area contributed by atoms with Crippen LogP contribution in [0.25, 0.3) is 0 Å². The van der Waals surface area contributed by atoms with Gasteiger partial charge in [-0.25, -0.2) is 0 Å². The van der Waals surface area contributed by atoms with Crippen molar-refractivity contribution in [1.29, 1.82) is 0 Å². The van der Waals surface area contributed by atoms with Gasteiger partial charge >= 0.3 is 6.18 Å². The van der Waals surface area contributed by atoms with Gasteiger partial charge in [0.1, 0.15) is 6.54 Å². The van der Waals surface area contributed by atoms with Gasteiger partial charge in [-0.05, 0) is 32.2 Å². The van der Waals surface area contributed by atoms with Crippen LogP contribution in [0.2, 0.25) is 0 Å². The van der Waals surface area contributed by atoms with E-state index in [1.54, 1.807) is 0 Å².